The second-order valence-electron chi connectivity index (χ2n) is 16.0. The van der Waals surface area contributed by atoms with Crippen LogP contribution >= 0.6 is 116 Å². The molecule has 2 aromatic rings. The van der Waals surface area contributed by atoms with Crippen LogP contribution in [0.4, 0.5) is 0 Å². The maximum absolute atomic E-state index is 14.4. The highest BCUT2D eigenvalue weighted by Crippen LogP contribution is 2.49. The van der Waals surface area contributed by atoms with E-state index in [1.54, 1.807) is 0 Å². The molecule has 2 fully saturated rings. The summed E-state index contributed by atoms with van der Waals surface area (Å²) in [5, 5.41) is -3.08. The number of halogens is 8. The standard InChI is InChI=1S/C43H38Cl8N2O18S2/c1-12(54)64-10-18-34(66-14(3)56)36(68-16(5)58)32(52-38(60)20-21(39(52)61)25(45)29(49)28(48)24(20)44)42(70-18)72-8-7-9-73-43-33(53-40(62)22-23(41(53)63)27(47)31(51)30(50)26(22)46)37(69-17(6)59)35(67-15(4)57)19(71-43)11-65-13(2)55/h18-19,32-37,42-43H,7-11H2,1-6H3/t18-,19-,32-,33-,34-,35-,36-,37-,42+,43+/m1/s1. The number of rotatable bonds is 16. The van der Waals surface area contributed by atoms with Gasteiger partial charge in [-0.2, -0.15) is 0 Å². The molecular formula is C43H38Cl8N2O18S2. The van der Waals surface area contributed by atoms with Gasteiger partial charge in [-0.3, -0.25) is 57.7 Å². The van der Waals surface area contributed by atoms with E-state index in [9.17, 15) is 47.9 Å². The summed E-state index contributed by atoms with van der Waals surface area (Å²) in [5.41, 5.74) is -4.56. The highest BCUT2D eigenvalue weighted by atomic mass is 35.5. The minimum Gasteiger partial charge on any atom is -0.463 e. The number of thioether (sulfide) groups is 2. The number of benzene rings is 2. The molecule has 0 spiro atoms. The molecule has 0 saturated carbocycles. The minimum absolute atomic E-state index is 0.0226. The van der Waals surface area contributed by atoms with Gasteiger partial charge in [0.05, 0.1) is 62.4 Å². The van der Waals surface area contributed by atoms with E-state index in [-0.39, 0.29) is 38.0 Å². The van der Waals surface area contributed by atoms with Crippen molar-refractivity contribution in [3.05, 3.63) is 62.4 Å². The molecule has 0 N–H and O–H groups in total. The first-order valence-electron chi connectivity index (χ1n) is 21.2. The summed E-state index contributed by atoms with van der Waals surface area (Å²) in [6, 6.07) is -3.30. The zero-order valence-electron chi connectivity index (χ0n) is 38.4. The lowest BCUT2D eigenvalue weighted by atomic mass is 9.96. The van der Waals surface area contributed by atoms with Gasteiger partial charge in [0.15, 0.2) is 24.4 Å². The van der Waals surface area contributed by atoms with Crippen LogP contribution in [0.15, 0.2) is 0 Å². The van der Waals surface area contributed by atoms with Gasteiger partial charge in [0.2, 0.25) is 0 Å². The number of amides is 4. The van der Waals surface area contributed by atoms with Crippen molar-refractivity contribution in [1.82, 2.24) is 9.80 Å². The van der Waals surface area contributed by atoms with E-state index < -0.39 is 175 Å². The summed E-state index contributed by atoms with van der Waals surface area (Å²) in [7, 11) is 0. The predicted molar refractivity (Wildman–Crippen MR) is 264 cm³/mol. The van der Waals surface area contributed by atoms with Gasteiger partial charge in [-0.15, -0.1) is 23.5 Å². The summed E-state index contributed by atoms with van der Waals surface area (Å²) >= 11 is 53.0. The average molecular weight is 1220 g/mol. The van der Waals surface area contributed by atoms with Crippen molar-refractivity contribution in [2.45, 2.75) is 108 Å². The van der Waals surface area contributed by atoms with E-state index in [4.69, 9.17) is 131 Å². The number of imide groups is 2. The largest absolute Gasteiger partial charge is 0.463 e. The number of carbonyl (C=O) groups excluding carboxylic acids is 10. The lowest BCUT2D eigenvalue weighted by molar-refractivity contribution is -0.216. The summed E-state index contributed by atoms with van der Waals surface area (Å²) in [6.45, 7) is 5.12. The Balaban J connectivity index is 1.37. The summed E-state index contributed by atoms with van der Waals surface area (Å²) in [6.07, 6.45) is -9.27. The Bertz CT molecular complexity index is 2430. The van der Waals surface area contributed by atoms with E-state index in [1.807, 2.05) is 0 Å². The first-order valence-corrected chi connectivity index (χ1v) is 26.3. The molecule has 0 aliphatic carbocycles. The summed E-state index contributed by atoms with van der Waals surface area (Å²) < 4.78 is 45.8. The van der Waals surface area contributed by atoms with Crippen molar-refractivity contribution in [2.24, 2.45) is 0 Å². The first-order chi connectivity index (χ1) is 34.2. The predicted octanol–water partition coefficient (Wildman–Crippen LogP) is 7.70. The molecule has 2 saturated heterocycles. The fraction of sp³-hybridized carbons (Fsp3) is 0.488. The molecule has 0 aromatic heterocycles. The molecule has 0 bridgehead atoms. The van der Waals surface area contributed by atoms with Gasteiger partial charge in [0.1, 0.15) is 48.4 Å². The van der Waals surface area contributed by atoms with E-state index >= 15 is 0 Å². The van der Waals surface area contributed by atoms with Crippen LogP contribution in [0, 0.1) is 0 Å². The highest BCUT2D eigenvalue weighted by molar-refractivity contribution is 8.00. The molecule has 73 heavy (non-hydrogen) atoms. The SMILES string of the molecule is CC(=O)OC[C@H]1O[C@@H](SCCCS[C@@H]2O[C@H](COC(C)=O)[C@@H](OC(C)=O)[C@H](OC(C)=O)[C@H]2N2C(=O)c3c(Cl)c(Cl)c(Cl)c(Cl)c3C2=O)[C@H](N2C(=O)c3c(Cl)c(Cl)c(Cl)c(Cl)c3C2=O)[C@@H](OC(C)=O)[C@@H]1OC(C)=O. The summed E-state index contributed by atoms with van der Waals surface area (Å²) in [4.78, 5) is 134. The van der Waals surface area contributed by atoms with Crippen molar-refractivity contribution < 1.29 is 85.8 Å². The maximum atomic E-state index is 14.4. The number of hydrogen-bond acceptors (Lipinski definition) is 20. The van der Waals surface area contributed by atoms with Crippen LogP contribution in [0.5, 0.6) is 0 Å². The molecule has 4 heterocycles. The van der Waals surface area contributed by atoms with Crippen molar-refractivity contribution in [3.8, 4) is 0 Å². The Kier molecular flexibility index (Phi) is 19.5. The fourth-order valence-electron chi connectivity index (χ4n) is 8.32. The number of fused-ring (bicyclic) bond motifs is 2. The normalized spacial score (nSPS) is 25.5. The zero-order chi connectivity index (χ0) is 54.2. The highest BCUT2D eigenvalue weighted by Gasteiger charge is 2.60. The van der Waals surface area contributed by atoms with Gasteiger partial charge in [-0.25, -0.2) is 0 Å². The number of nitrogens with zero attached hydrogens (tertiary/aromatic N) is 2. The molecule has 30 heteroatoms. The molecule has 0 unspecified atom stereocenters. The third-order valence-electron chi connectivity index (χ3n) is 11.1. The van der Waals surface area contributed by atoms with Gasteiger partial charge < -0.3 is 37.9 Å². The van der Waals surface area contributed by atoms with Crippen LogP contribution in [0.3, 0.4) is 0 Å². The van der Waals surface area contributed by atoms with Crippen molar-refractivity contribution in [1.29, 1.82) is 0 Å². The Labute approximate surface area is 462 Å². The van der Waals surface area contributed by atoms with Crippen LogP contribution in [0.25, 0.3) is 0 Å². The molecule has 4 aliphatic heterocycles. The Morgan fingerprint density at radius 1 is 0.425 bits per heavy atom. The molecular weight excluding hydrogens is 1180 g/mol. The first kappa shape index (κ1) is 58.7. The topological polar surface area (TPSA) is 251 Å². The smallest absolute Gasteiger partial charge is 0.303 e. The van der Waals surface area contributed by atoms with Crippen LogP contribution in [-0.2, 0) is 66.7 Å². The number of esters is 6. The van der Waals surface area contributed by atoms with E-state index in [1.165, 1.54) is 0 Å². The van der Waals surface area contributed by atoms with Crippen LogP contribution in [0.2, 0.25) is 40.2 Å². The molecule has 4 aliphatic rings. The van der Waals surface area contributed by atoms with Crippen molar-refractivity contribution >= 4 is 176 Å². The fourth-order valence-corrected chi connectivity index (χ4v) is 13.0. The second-order valence-corrected chi connectivity index (χ2v) is 21.5. The van der Waals surface area contributed by atoms with Gasteiger partial charge in [0.25, 0.3) is 23.6 Å². The molecule has 2 aromatic carbocycles. The molecule has 10 atom stereocenters. The third-order valence-corrected chi connectivity index (χ3v) is 17.1. The Morgan fingerprint density at radius 3 is 0.932 bits per heavy atom. The lowest BCUT2D eigenvalue weighted by Gasteiger charge is -2.47. The van der Waals surface area contributed by atoms with E-state index in [2.05, 4.69) is 0 Å². The second kappa shape index (κ2) is 24.2. The molecule has 6 rings (SSSR count). The van der Waals surface area contributed by atoms with E-state index in [0.29, 0.717) is 9.80 Å². The van der Waals surface area contributed by atoms with Gasteiger partial charge in [0, 0.05) is 41.5 Å². The maximum Gasteiger partial charge on any atom is 0.303 e. The quantitative estimate of drug-likeness (QED) is 0.0390. The van der Waals surface area contributed by atoms with E-state index in [0.717, 1.165) is 65.1 Å². The Morgan fingerprint density at radius 2 is 0.685 bits per heavy atom. The number of hydrogen-bond donors (Lipinski definition) is 0. The van der Waals surface area contributed by atoms with Crippen LogP contribution in [0.1, 0.15) is 89.4 Å². The molecule has 0 radical (unpaired) electrons. The summed E-state index contributed by atoms with van der Waals surface area (Å²) in [5.74, 6) is -9.53. The number of ether oxygens (including phenoxy) is 8. The van der Waals surface area contributed by atoms with Crippen LogP contribution in [-0.4, -0.2) is 154 Å². The van der Waals surface area contributed by atoms with Gasteiger partial charge in [-0.05, 0) is 17.9 Å². The molecule has 396 valence electrons. The molecule has 20 nitrogen and oxygen atoms in total. The minimum atomic E-state index is -1.70. The number of carbonyl (C=O) groups is 10. The third kappa shape index (κ3) is 12.1. The monoisotopic (exact) mass is 1210 g/mol. The average Bonchev–Trinajstić information content (AvgIpc) is 3.71. The van der Waals surface area contributed by atoms with Gasteiger partial charge in [-0.1, -0.05) is 92.8 Å². The zero-order valence-corrected chi connectivity index (χ0v) is 46.1. The van der Waals surface area contributed by atoms with Gasteiger partial charge >= 0.3 is 35.8 Å². The van der Waals surface area contributed by atoms with Crippen LogP contribution < -0.4 is 0 Å². The lowest BCUT2D eigenvalue weighted by Crippen LogP contribution is -2.66. The Hall–Kier alpha value is -3.52. The van der Waals surface area contributed by atoms with Crippen molar-refractivity contribution in [2.75, 3.05) is 24.7 Å². The molecule has 4 amide bonds. The van der Waals surface area contributed by atoms with Crippen molar-refractivity contribution in [3.63, 3.8) is 0 Å².